The predicted octanol–water partition coefficient (Wildman–Crippen LogP) is 14.0. The van der Waals surface area contributed by atoms with E-state index in [0.717, 1.165) is 5.69 Å². The Morgan fingerprint density at radius 3 is 1.58 bits per heavy atom. The third-order valence-corrected chi connectivity index (χ3v) is 11.7. The lowest BCUT2D eigenvalue weighted by molar-refractivity contribution is 0.631. The highest BCUT2D eigenvalue weighted by molar-refractivity contribution is 6.26. The molecule has 9 aromatic carbocycles. The Hall–Kier alpha value is -6.64. The Bertz CT molecular complexity index is 3040. The lowest BCUT2D eigenvalue weighted by Crippen LogP contribution is -2.30. The number of rotatable bonds is 3. The maximum atomic E-state index is 2.49. The first kappa shape index (κ1) is 30.0. The quantitative estimate of drug-likeness (QED) is 0.169. The Morgan fingerprint density at radius 2 is 0.868 bits per heavy atom. The van der Waals surface area contributed by atoms with Crippen LogP contribution in [0.5, 0.6) is 0 Å². The molecule has 0 N–H and O–H groups in total. The standard InChI is InChI=1S/C51H36N2/c1-51(2)45-20-10-13-23-49(45)53(50-29-26-36(32-46(50)51)52-47-21-11-8-18-41(47)42-19-9-12-22-48(42)52)35-25-28-40-38-17-7-6-16-37(38)39-27-24-34(30-43(39)44(40)31-35)33-14-4-3-5-15-33/h3-32H,1-2H3. The number of nitrogens with zero attached hydrogens (tertiary/aromatic N) is 2. The van der Waals surface area contributed by atoms with Gasteiger partial charge in [-0.25, -0.2) is 0 Å². The van der Waals surface area contributed by atoms with Gasteiger partial charge in [0.25, 0.3) is 0 Å². The summed E-state index contributed by atoms with van der Waals surface area (Å²) in [7, 11) is 0. The zero-order chi connectivity index (χ0) is 35.3. The molecule has 10 aromatic rings. The fourth-order valence-corrected chi connectivity index (χ4v) is 9.20. The van der Waals surface area contributed by atoms with Crippen LogP contribution in [0.25, 0.3) is 70.9 Å². The van der Waals surface area contributed by atoms with Gasteiger partial charge >= 0.3 is 0 Å². The Labute approximate surface area is 308 Å². The lowest BCUT2D eigenvalue weighted by atomic mass is 9.73. The summed E-state index contributed by atoms with van der Waals surface area (Å²) in [5, 5.41) is 10.2. The van der Waals surface area contributed by atoms with Gasteiger partial charge in [0.05, 0.1) is 22.4 Å². The zero-order valence-corrected chi connectivity index (χ0v) is 29.7. The maximum Gasteiger partial charge on any atom is 0.0541 e. The third kappa shape index (κ3) is 4.33. The molecule has 2 nitrogen and oxygen atoms in total. The largest absolute Gasteiger partial charge is 0.310 e. The monoisotopic (exact) mass is 676 g/mol. The minimum atomic E-state index is -0.221. The molecule has 0 unspecified atom stereocenters. The van der Waals surface area contributed by atoms with E-state index in [-0.39, 0.29) is 5.41 Å². The second-order valence-electron chi connectivity index (χ2n) is 15.0. The molecule has 0 aliphatic carbocycles. The van der Waals surface area contributed by atoms with E-state index in [0.29, 0.717) is 0 Å². The number of para-hydroxylation sites is 3. The molecule has 0 amide bonds. The van der Waals surface area contributed by atoms with E-state index in [9.17, 15) is 0 Å². The number of hydrogen-bond acceptors (Lipinski definition) is 1. The lowest BCUT2D eigenvalue weighted by Gasteiger charge is -2.42. The molecule has 0 fully saturated rings. The SMILES string of the molecule is CC1(C)c2ccccc2N(c2ccc3c4ccccc4c4ccc(-c5ccccc5)cc4c3c2)c2ccc(-n3c4ccccc4c4ccccc43)cc21. The number of anilines is 3. The first-order chi connectivity index (χ1) is 26.1. The van der Waals surface area contributed by atoms with Gasteiger partial charge in [0, 0.05) is 27.6 Å². The Morgan fingerprint density at radius 1 is 0.340 bits per heavy atom. The molecular weight excluding hydrogens is 641 g/mol. The third-order valence-electron chi connectivity index (χ3n) is 11.7. The molecule has 0 spiro atoms. The number of aromatic nitrogens is 1. The van der Waals surface area contributed by atoms with Crippen LogP contribution in [-0.2, 0) is 5.41 Å². The predicted molar refractivity (Wildman–Crippen MR) is 226 cm³/mol. The first-order valence-corrected chi connectivity index (χ1v) is 18.5. The van der Waals surface area contributed by atoms with Crippen LogP contribution in [0.15, 0.2) is 182 Å². The molecule has 0 saturated heterocycles. The molecular formula is C51H36N2. The smallest absolute Gasteiger partial charge is 0.0541 e. The van der Waals surface area contributed by atoms with Crippen LogP contribution >= 0.6 is 0 Å². The summed E-state index contributed by atoms with van der Waals surface area (Å²) in [6.07, 6.45) is 0. The summed E-state index contributed by atoms with van der Waals surface area (Å²) in [6, 6.07) is 67.3. The minimum absolute atomic E-state index is 0.221. The molecule has 250 valence electrons. The second kappa shape index (κ2) is 11.2. The molecule has 2 heterocycles. The molecule has 0 radical (unpaired) electrons. The molecule has 1 aliphatic rings. The van der Waals surface area contributed by atoms with Gasteiger partial charge < -0.3 is 9.47 Å². The highest BCUT2D eigenvalue weighted by Gasteiger charge is 2.37. The highest BCUT2D eigenvalue weighted by Crippen LogP contribution is 2.53. The summed E-state index contributed by atoms with van der Waals surface area (Å²) in [5.41, 5.74) is 12.1. The van der Waals surface area contributed by atoms with Crippen LogP contribution in [0.1, 0.15) is 25.0 Å². The van der Waals surface area contributed by atoms with Crippen molar-refractivity contribution in [2.24, 2.45) is 0 Å². The average molecular weight is 677 g/mol. The van der Waals surface area contributed by atoms with E-state index in [1.54, 1.807) is 0 Å². The van der Waals surface area contributed by atoms with Crippen molar-refractivity contribution in [2.45, 2.75) is 19.3 Å². The highest BCUT2D eigenvalue weighted by atomic mass is 15.2. The molecule has 0 atom stereocenters. The van der Waals surface area contributed by atoms with Crippen molar-refractivity contribution in [1.29, 1.82) is 0 Å². The van der Waals surface area contributed by atoms with E-state index in [1.807, 2.05) is 0 Å². The van der Waals surface area contributed by atoms with Gasteiger partial charge in [0.15, 0.2) is 0 Å². The van der Waals surface area contributed by atoms with Gasteiger partial charge in [-0.2, -0.15) is 0 Å². The minimum Gasteiger partial charge on any atom is -0.310 e. The summed E-state index contributed by atoms with van der Waals surface area (Å²) >= 11 is 0. The van der Waals surface area contributed by atoms with E-state index in [2.05, 4.69) is 205 Å². The Balaban J connectivity index is 1.17. The van der Waals surface area contributed by atoms with Crippen LogP contribution in [-0.4, -0.2) is 4.57 Å². The fraction of sp³-hybridized carbons (Fsp3) is 0.0588. The van der Waals surface area contributed by atoms with Crippen LogP contribution in [0.4, 0.5) is 17.1 Å². The number of benzene rings is 9. The fourth-order valence-electron chi connectivity index (χ4n) is 9.20. The van der Waals surface area contributed by atoms with Crippen LogP contribution in [0, 0.1) is 0 Å². The van der Waals surface area contributed by atoms with Crippen molar-refractivity contribution in [3.05, 3.63) is 193 Å². The maximum absolute atomic E-state index is 2.49. The van der Waals surface area contributed by atoms with E-state index >= 15 is 0 Å². The van der Waals surface area contributed by atoms with E-state index in [1.165, 1.54) is 93.4 Å². The van der Waals surface area contributed by atoms with E-state index in [4.69, 9.17) is 0 Å². The average Bonchev–Trinajstić information content (AvgIpc) is 3.55. The summed E-state index contributed by atoms with van der Waals surface area (Å²) < 4.78 is 2.43. The molecule has 2 heteroatoms. The van der Waals surface area contributed by atoms with Crippen molar-refractivity contribution < 1.29 is 0 Å². The van der Waals surface area contributed by atoms with Crippen LogP contribution < -0.4 is 4.90 Å². The van der Waals surface area contributed by atoms with Gasteiger partial charge in [0.1, 0.15) is 0 Å². The number of fused-ring (bicyclic) bond motifs is 11. The zero-order valence-electron chi connectivity index (χ0n) is 29.7. The van der Waals surface area contributed by atoms with Crippen molar-refractivity contribution in [3.8, 4) is 16.8 Å². The second-order valence-corrected chi connectivity index (χ2v) is 15.0. The van der Waals surface area contributed by atoms with Gasteiger partial charge in [-0.15, -0.1) is 0 Å². The van der Waals surface area contributed by atoms with Crippen LogP contribution in [0.2, 0.25) is 0 Å². The van der Waals surface area contributed by atoms with Crippen molar-refractivity contribution >= 4 is 71.2 Å². The molecule has 11 rings (SSSR count). The van der Waals surface area contributed by atoms with Crippen molar-refractivity contribution in [2.75, 3.05) is 4.90 Å². The molecule has 0 saturated carbocycles. The van der Waals surface area contributed by atoms with Gasteiger partial charge in [0.2, 0.25) is 0 Å². The van der Waals surface area contributed by atoms with Crippen molar-refractivity contribution in [3.63, 3.8) is 0 Å². The summed E-state index contributed by atoms with van der Waals surface area (Å²) in [6.45, 7) is 4.76. The summed E-state index contributed by atoms with van der Waals surface area (Å²) in [5.74, 6) is 0. The molecule has 1 aliphatic heterocycles. The molecule has 1 aromatic heterocycles. The normalized spacial score (nSPS) is 13.6. The van der Waals surface area contributed by atoms with Gasteiger partial charge in [-0.05, 0) is 109 Å². The number of hydrogen-bond donors (Lipinski definition) is 0. The van der Waals surface area contributed by atoms with E-state index < -0.39 is 0 Å². The van der Waals surface area contributed by atoms with Gasteiger partial charge in [-0.1, -0.05) is 141 Å². The van der Waals surface area contributed by atoms with Gasteiger partial charge in [-0.3, -0.25) is 0 Å². The first-order valence-electron chi connectivity index (χ1n) is 18.5. The Kier molecular flexibility index (Phi) is 6.33. The van der Waals surface area contributed by atoms with Crippen molar-refractivity contribution in [1.82, 2.24) is 4.57 Å². The topological polar surface area (TPSA) is 8.17 Å². The molecule has 0 bridgehead atoms. The molecule has 53 heavy (non-hydrogen) atoms. The summed E-state index contributed by atoms with van der Waals surface area (Å²) in [4.78, 5) is 2.49. The van der Waals surface area contributed by atoms with Crippen LogP contribution in [0.3, 0.4) is 0 Å².